The van der Waals surface area contributed by atoms with Gasteiger partial charge in [-0.25, -0.2) is 18.4 Å². The average Bonchev–Trinajstić information content (AvgIpc) is 3.36. The molecule has 33 heavy (non-hydrogen) atoms. The van der Waals surface area contributed by atoms with Gasteiger partial charge < -0.3 is 5.32 Å². The molecule has 0 saturated heterocycles. The van der Waals surface area contributed by atoms with E-state index in [-0.39, 0.29) is 17.7 Å². The summed E-state index contributed by atoms with van der Waals surface area (Å²) in [4.78, 5) is 30.5. The van der Waals surface area contributed by atoms with Crippen LogP contribution in [0.15, 0.2) is 52.5 Å². The molecule has 0 spiro atoms. The van der Waals surface area contributed by atoms with Gasteiger partial charge in [0, 0.05) is 23.9 Å². The predicted octanol–water partition coefficient (Wildman–Crippen LogP) is 4.15. The van der Waals surface area contributed by atoms with Crippen LogP contribution >= 0.6 is 11.8 Å². The predicted molar refractivity (Wildman–Crippen MR) is 122 cm³/mol. The molecule has 0 radical (unpaired) electrons. The summed E-state index contributed by atoms with van der Waals surface area (Å²) in [7, 11) is 0. The maximum atomic E-state index is 13.4. The molecule has 0 bridgehead atoms. The first-order valence-corrected chi connectivity index (χ1v) is 11.3. The first-order valence-electron chi connectivity index (χ1n) is 10.3. The number of aryl methyl sites for hydroxylation is 2. The van der Waals surface area contributed by atoms with E-state index in [4.69, 9.17) is 0 Å². The summed E-state index contributed by atoms with van der Waals surface area (Å²) in [6.45, 7) is 3.99. The van der Waals surface area contributed by atoms with Crippen molar-refractivity contribution in [3.05, 3.63) is 75.7 Å². The van der Waals surface area contributed by atoms with Crippen LogP contribution < -0.4 is 10.9 Å². The largest absolute Gasteiger partial charge is 0.326 e. The fourth-order valence-corrected chi connectivity index (χ4v) is 5.13. The van der Waals surface area contributed by atoms with Crippen LogP contribution in [0.3, 0.4) is 0 Å². The highest BCUT2D eigenvalue weighted by Gasteiger charge is 2.29. The van der Waals surface area contributed by atoms with Gasteiger partial charge in [0.1, 0.15) is 5.39 Å². The molecule has 1 aliphatic rings. The molecule has 168 valence electrons. The van der Waals surface area contributed by atoms with Gasteiger partial charge in [0.05, 0.1) is 17.9 Å². The summed E-state index contributed by atoms with van der Waals surface area (Å²) < 4.78 is 29.7. The van der Waals surface area contributed by atoms with Gasteiger partial charge in [0.2, 0.25) is 5.91 Å². The third-order valence-corrected chi connectivity index (χ3v) is 6.67. The van der Waals surface area contributed by atoms with E-state index in [9.17, 15) is 18.4 Å². The summed E-state index contributed by atoms with van der Waals surface area (Å²) in [6, 6.07) is 8.71. The van der Waals surface area contributed by atoms with E-state index >= 15 is 0 Å². The summed E-state index contributed by atoms with van der Waals surface area (Å²) in [6.07, 6.45) is 1.50. The molecule has 10 heteroatoms. The number of nitrogens with zero attached hydrogens (tertiary/aromatic N) is 4. The van der Waals surface area contributed by atoms with E-state index in [1.54, 1.807) is 4.68 Å². The van der Waals surface area contributed by atoms with Crippen LogP contribution in [-0.2, 0) is 4.79 Å². The first-order chi connectivity index (χ1) is 15.8. The van der Waals surface area contributed by atoms with Gasteiger partial charge in [-0.1, -0.05) is 29.5 Å². The number of nitrogens with one attached hydrogen (secondary N) is 1. The van der Waals surface area contributed by atoms with Gasteiger partial charge in [-0.3, -0.25) is 14.2 Å². The zero-order valence-electron chi connectivity index (χ0n) is 17.8. The lowest BCUT2D eigenvalue weighted by molar-refractivity contribution is -0.116. The van der Waals surface area contributed by atoms with Crippen LogP contribution in [0.4, 0.5) is 14.5 Å². The van der Waals surface area contributed by atoms with Crippen molar-refractivity contribution in [2.75, 3.05) is 11.1 Å². The maximum absolute atomic E-state index is 13.4. The lowest BCUT2D eigenvalue weighted by Crippen LogP contribution is -2.27. The standard InChI is InChI=1S/C23H19F2N5O2S/c1-12-3-6-19(13(2)7-12)30-21-16(10-26-30)22(32)29-15(11-33-23(29)28-21)9-20(31)27-14-4-5-17(24)18(25)8-14/h3-8,10,15H,9,11H2,1-2H3,(H,27,31). The maximum Gasteiger partial charge on any atom is 0.265 e. The van der Waals surface area contributed by atoms with Crippen LogP contribution in [0, 0.1) is 25.5 Å². The molecule has 1 N–H and O–H groups in total. The van der Waals surface area contributed by atoms with Crippen molar-refractivity contribution in [3.63, 3.8) is 0 Å². The van der Waals surface area contributed by atoms with Crippen molar-refractivity contribution in [2.24, 2.45) is 0 Å². The Hall–Kier alpha value is -3.53. The minimum Gasteiger partial charge on any atom is -0.326 e. The van der Waals surface area contributed by atoms with E-state index in [0.717, 1.165) is 28.9 Å². The van der Waals surface area contributed by atoms with Gasteiger partial charge >= 0.3 is 0 Å². The molecular formula is C23H19F2N5O2S. The van der Waals surface area contributed by atoms with Crippen molar-refractivity contribution in [3.8, 4) is 5.69 Å². The number of carbonyl (C=O) groups is 1. The molecule has 1 aliphatic heterocycles. The Kier molecular flexibility index (Phi) is 5.24. The Balaban J connectivity index is 1.45. The number of thioether (sulfide) groups is 1. The monoisotopic (exact) mass is 467 g/mol. The molecule has 0 saturated carbocycles. The highest BCUT2D eigenvalue weighted by atomic mass is 32.2. The molecule has 0 fully saturated rings. The normalized spacial score (nSPS) is 15.1. The Morgan fingerprint density at radius 2 is 2.00 bits per heavy atom. The van der Waals surface area contributed by atoms with Gasteiger partial charge in [-0.05, 0) is 37.6 Å². The van der Waals surface area contributed by atoms with E-state index < -0.39 is 23.6 Å². The Morgan fingerprint density at radius 3 is 2.76 bits per heavy atom. The van der Waals surface area contributed by atoms with Gasteiger partial charge in [-0.2, -0.15) is 5.10 Å². The van der Waals surface area contributed by atoms with Gasteiger partial charge in [0.15, 0.2) is 22.4 Å². The molecule has 4 aromatic rings. The number of hydrogen-bond acceptors (Lipinski definition) is 5. The molecule has 7 nitrogen and oxygen atoms in total. The van der Waals surface area contributed by atoms with Crippen LogP contribution in [0.1, 0.15) is 23.6 Å². The second-order valence-electron chi connectivity index (χ2n) is 8.00. The number of anilines is 1. The Morgan fingerprint density at radius 1 is 1.18 bits per heavy atom. The van der Waals surface area contributed by atoms with Crippen molar-refractivity contribution < 1.29 is 13.6 Å². The van der Waals surface area contributed by atoms with E-state index in [2.05, 4.69) is 15.4 Å². The summed E-state index contributed by atoms with van der Waals surface area (Å²) in [5, 5.41) is 7.84. The molecule has 0 aliphatic carbocycles. The Labute approximate surface area is 191 Å². The minimum atomic E-state index is -1.04. The fraction of sp³-hybridized carbons (Fsp3) is 0.217. The van der Waals surface area contributed by atoms with Gasteiger partial charge in [0.25, 0.3) is 5.56 Å². The lowest BCUT2D eigenvalue weighted by Gasteiger charge is -2.14. The minimum absolute atomic E-state index is 0.00268. The third kappa shape index (κ3) is 3.80. The number of amides is 1. The second kappa shape index (κ2) is 8.11. The third-order valence-electron chi connectivity index (χ3n) is 5.58. The number of carbonyl (C=O) groups excluding carboxylic acids is 1. The van der Waals surface area contributed by atoms with Crippen LogP contribution in [0.25, 0.3) is 16.7 Å². The molecular weight excluding hydrogens is 448 g/mol. The van der Waals surface area contributed by atoms with Crippen molar-refractivity contribution in [2.45, 2.75) is 31.5 Å². The summed E-state index contributed by atoms with van der Waals surface area (Å²) in [5.41, 5.74) is 3.35. The van der Waals surface area contributed by atoms with Crippen LogP contribution in [0.5, 0.6) is 0 Å². The van der Waals surface area contributed by atoms with Crippen molar-refractivity contribution in [1.82, 2.24) is 19.3 Å². The quantitative estimate of drug-likeness (QED) is 0.456. The van der Waals surface area contributed by atoms with Crippen molar-refractivity contribution >= 4 is 34.4 Å². The molecule has 1 atom stereocenters. The summed E-state index contributed by atoms with van der Waals surface area (Å²) in [5.74, 6) is -1.94. The topological polar surface area (TPSA) is 81.8 Å². The molecule has 1 amide bonds. The number of rotatable bonds is 4. The first kappa shape index (κ1) is 21.3. The molecule has 3 heterocycles. The molecule has 1 unspecified atom stereocenters. The Bertz CT molecular complexity index is 1480. The van der Waals surface area contributed by atoms with Gasteiger partial charge in [-0.15, -0.1) is 0 Å². The average molecular weight is 468 g/mol. The zero-order valence-corrected chi connectivity index (χ0v) is 18.6. The SMILES string of the molecule is Cc1ccc(-n2ncc3c(=O)n4c(nc32)SCC4CC(=O)Nc2ccc(F)c(F)c2)c(C)c1. The molecule has 5 rings (SSSR count). The van der Waals surface area contributed by atoms with E-state index in [1.807, 2.05) is 32.0 Å². The second-order valence-corrected chi connectivity index (χ2v) is 8.99. The lowest BCUT2D eigenvalue weighted by atomic mass is 10.1. The smallest absolute Gasteiger partial charge is 0.265 e. The number of halogens is 2. The highest BCUT2D eigenvalue weighted by molar-refractivity contribution is 7.99. The highest BCUT2D eigenvalue weighted by Crippen LogP contribution is 2.34. The van der Waals surface area contributed by atoms with E-state index in [1.165, 1.54) is 28.6 Å². The number of hydrogen-bond donors (Lipinski definition) is 1. The molecule has 2 aromatic heterocycles. The van der Waals surface area contributed by atoms with E-state index in [0.29, 0.717) is 21.9 Å². The zero-order chi connectivity index (χ0) is 23.3. The van der Waals surface area contributed by atoms with Crippen molar-refractivity contribution in [1.29, 1.82) is 0 Å². The number of benzene rings is 2. The fourth-order valence-electron chi connectivity index (χ4n) is 4.00. The summed E-state index contributed by atoms with van der Waals surface area (Å²) >= 11 is 1.39. The number of aromatic nitrogens is 4. The van der Waals surface area contributed by atoms with Crippen LogP contribution in [0.2, 0.25) is 0 Å². The number of fused-ring (bicyclic) bond motifs is 2. The molecule has 2 aromatic carbocycles. The van der Waals surface area contributed by atoms with Crippen LogP contribution in [-0.4, -0.2) is 31.0 Å².